The second-order valence-corrected chi connectivity index (χ2v) is 5.80. The predicted octanol–water partition coefficient (Wildman–Crippen LogP) is 3.67. The molecule has 0 aliphatic heterocycles. The Morgan fingerprint density at radius 2 is 1.73 bits per heavy atom. The highest BCUT2D eigenvalue weighted by Crippen LogP contribution is 2.24. The SMILES string of the molecule is CCCOc1ccc(C(=O)CCC(=O)Nc2cc(OC)ccc2N)cc1. The predicted molar refractivity (Wildman–Crippen MR) is 102 cm³/mol. The van der Waals surface area contributed by atoms with Gasteiger partial charge in [-0.2, -0.15) is 0 Å². The van der Waals surface area contributed by atoms with Crippen molar-refractivity contribution in [2.45, 2.75) is 26.2 Å². The number of Topliss-reactive ketones (excluding diaryl/α,β-unsaturated/α-hetero) is 1. The number of amides is 1. The van der Waals surface area contributed by atoms with Crippen LogP contribution in [0.25, 0.3) is 0 Å². The van der Waals surface area contributed by atoms with Gasteiger partial charge in [-0.3, -0.25) is 9.59 Å². The van der Waals surface area contributed by atoms with E-state index in [1.54, 1.807) is 42.5 Å². The number of hydrogen-bond donors (Lipinski definition) is 2. The second kappa shape index (κ2) is 9.46. The van der Waals surface area contributed by atoms with E-state index in [1.807, 2.05) is 6.92 Å². The number of benzene rings is 2. The Kier molecular flexibility index (Phi) is 7.02. The molecular formula is C20H24N2O4. The molecule has 0 heterocycles. The van der Waals surface area contributed by atoms with Gasteiger partial charge in [0, 0.05) is 24.5 Å². The average Bonchev–Trinajstić information content (AvgIpc) is 2.66. The fourth-order valence-electron chi connectivity index (χ4n) is 2.31. The van der Waals surface area contributed by atoms with E-state index in [2.05, 4.69) is 5.32 Å². The number of carbonyl (C=O) groups is 2. The van der Waals surface area contributed by atoms with Crippen molar-refractivity contribution >= 4 is 23.1 Å². The van der Waals surface area contributed by atoms with E-state index in [-0.39, 0.29) is 24.5 Å². The molecule has 0 fully saturated rings. The zero-order chi connectivity index (χ0) is 18.9. The number of ether oxygens (including phenoxy) is 2. The van der Waals surface area contributed by atoms with Crippen molar-refractivity contribution in [1.82, 2.24) is 0 Å². The molecule has 2 aromatic rings. The van der Waals surface area contributed by atoms with Gasteiger partial charge in [0.05, 0.1) is 25.1 Å². The lowest BCUT2D eigenvalue weighted by molar-refractivity contribution is -0.116. The largest absolute Gasteiger partial charge is 0.497 e. The molecule has 0 aliphatic rings. The highest BCUT2D eigenvalue weighted by Gasteiger charge is 2.11. The fourth-order valence-corrected chi connectivity index (χ4v) is 2.31. The third kappa shape index (κ3) is 5.51. The third-order valence-electron chi connectivity index (χ3n) is 3.76. The number of ketones is 1. The summed E-state index contributed by atoms with van der Waals surface area (Å²) in [7, 11) is 1.54. The van der Waals surface area contributed by atoms with Gasteiger partial charge < -0.3 is 20.5 Å². The van der Waals surface area contributed by atoms with Gasteiger partial charge in [-0.25, -0.2) is 0 Å². The van der Waals surface area contributed by atoms with Crippen LogP contribution in [0.2, 0.25) is 0 Å². The molecule has 26 heavy (non-hydrogen) atoms. The van der Waals surface area contributed by atoms with Gasteiger partial charge in [-0.15, -0.1) is 0 Å². The van der Waals surface area contributed by atoms with Crippen LogP contribution in [0.3, 0.4) is 0 Å². The van der Waals surface area contributed by atoms with Gasteiger partial charge in [0.1, 0.15) is 11.5 Å². The first-order valence-electron chi connectivity index (χ1n) is 8.53. The number of rotatable bonds is 9. The molecule has 0 saturated carbocycles. The van der Waals surface area contributed by atoms with Crippen LogP contribution >= 0.6 is 0 Å². The van der Waals surface area contributed by atoms with Gasteiger partial charge >= 0.3 is 0 Å². The summed E-state index contributed by atoms with van der Waals surface area (Å²) in [5.41, 5.74) is 7.31. The molecule has 0 spiro atoms. The Hall–Kier alpha value is -3.02. The Labute approximate surface area is 153 Å². The maximum atomic E-state index is 12.2. The van der Waals surface area contributed by atoms with Crippen LogP contribution in [-0.4, -0.2) is 25.4 Å². The first-order valence-corrected chi connectivity index (χ1v) is 8.53. The average molecular weight is 356 g/mol. The summed E-state index contributed by atoms with van der Waals surface area (Å²) in [5, 5.41) is 2.71. The van der Waals surface area contributed by atoms with Gasteiger partial charge in [-0.05, 0) is 42.8 Å². The molecule has 0 unspecified atom stereocenters. The summed E-state index contributed by atoms with van der Waals surface area (Å²) in [6.07, 6.45) is 1.11. The summed E-state index contributed by atoms with van der Waals surface area (Å²) in [6.45, 7) is 2.67. The Morgan fingerprint density at radius 3 is 2.38 bits per heavy atom. The monoisotopic (exact) mass is 356 g/mol. The molecule has 0 atom stereocenters. The van der Waals surface area contributed by atoms with E-state index in [0.717, 1.165) is 12.2 Å². The van der Waals surface area contributed by atoms with Crippen molar-refractivity contribution in [1.29, 1.82) is 0 Å². The van der Waals surface area contributed by atoms with Crippen LogP contribution in [0.4, 0.5) is 11.4 Å². The second-order valence-electron chi connectivity index (χ2n) is 5.80. The van der Waals surface area contributed by atoms with Crippen LogP contribution in [0.1, 0.15) is 36.5 Å². The summed E-state index contributed by atoms with van der Waals surface area (Å²) >= 11 is 0. The highest BCUT2D eigenvalue weighted by atomic mass is 16.5. The number of hydrogen-bond acceptors (Lipinski definition) is 5. The molecule has 138 valence electrons. The molecule has 0 aromatic heterocycles. The number of nitrogens with two attached hydrogens (primary N) is 1. The molecule has 6 heteroatoms. The van der Waals surface area contributed by atoms with Crippen molar-refractivity contribution in [2.24, 2.45) is 0 Å². The highest BCUT2D eigenvalue weighted by molar-refractivity contribution is 6.00. The van der Waals surface area contributed by atoms with E-state index in [9.17, 15) is 9.59 Å². The summed E-state index contributed by atoms with van der Waals surface area (Å²) < 4.78 is 10.6. The van der Waals surface area contributed by atoms with Crippen LogP contribution in [0.5, 0.6) is 11.5 Å². The topological polar surface area (TPSA) is 90.7 Å². The van der Waals surface area contributed by atoms with Crippen molar-refractivity contribution in [3.05, 3.63) is 48.0 Å². The van der Waals surface area contributed by atoms with Crippen molar-refractivity contribution in [3.8, 4) is 11.5 Å². The minimum Gasteiger partial charge on any atom is -0.497 e. The first kappa shape index (κ1) is 19.3. The molecule has 2 aromatic carbocycles. The molecule has 0 saturated heterocycles. The van der Waals surface area contributed by atoms with Gasteiger partial charge in [-0.1, -0.05) is 6.92 Å². The van der Waals surface area contributed by atoms with Crippen molar-refractivity contribution in [2.75, 3.05) is 24.8 Å². The van der Waals surface area contributed by atoms with Crippen LogP contribution < -0.4 is 20.5 Å². The van der Waals surface area contributed by atoms with E-state index in [1.165, 1.54) is 7.11 Å². The molecule has 6 nitrogen and oxygen atoms in total. The lowest BCUT2D eigenvalue weighted by Gasteiger charge is -2.10. The third-order valence-corrected chi connectivity index (χ3v) is 3.76. The lowest BCUT2D eigenvalue weighted by Crippen LogP contribution is -2.14. The maximum absolute atomic E-state index is 12.2. The Morgan fingerprint density at radius 1 is 1.04 bits per heavy atom. The fraction of sp³-hybridized carbons (Fsp3) is 0.300. The summed E-state index contributed by atoms with van der Waals surface area (Å²) in [6, 6.07) is 12.0. The molecule has 0 radical (unpaired) electrons. The maximum Gasteiger partial charge on any atom is 0.224 e. The first-order chi connectivity index (χ1) is 12.5. The van der Waals surface area contributed by atoms with Crippen LogP contribution in [-0.2, 0) is 4.79 Å². The minimum absolute atomic E-state index is 0.0730. The van der Waals surface area contributed by atoms with Gasteiger partial charge in [0.15, 0.2) is 5.78 Å². The Balaban J connectivity index is 1.87. The number of carbonyl (C=O) groups excluding carboxylic acids is 2. The van der Waals surface area contributed by atoms with E-state index < -0.39 is 0 Å². The smallest absolute Gasteiger partial charge is 0.224 e. The Bertz CT molecular complexity index is 757. The molecule has 2 rings (SSSR count). The van der Waals surface area contributed by atoms with Crippen LogP contribution in [0, 0.1) is 0 Å². The molecule has 0 bridgehead atoms. The van der Waals surface area contributed by atoms with Gasteiger partial charge in [0.25, 0.3) is 0 Å². The van der Waals surface area contributed by atoms with Crippen molar-refractivity contribution in [3.63, 3.8) is 0 Å². The quantitative estimate of drug-likeness (QED) is 0.528. The van der Waals surface area contributed by atoms with E-state index >= 15 is 0 Å². The normalized spacial score (nSPS) is 10.2. The number of anilines is 2. The molecule has 1 amide bonds. The number of methoxy groups -OCH3 is 1. The molecule has 3 N–H and O–H groups in total. The number of nitrogens with one attached hydrogen (secondary N) is 1. The number of nitrogen functional groups attached to an aromatic ring is 1. The summed E-state index contributed by atoms with van der Waals surface area (Å²) in [5.74, 6) is 0.951. The molecular weight excluding hydrogens is 332 g/mol. The van der Waals surface area contributed by atoms with Crippen LogP contribution in [0.15, 0.2) is 42.5 Å². The zero-order valence-corrected chi connectivity index (χ0v) is 15.1. The molecule has 0 aliphatic carbocycles. The zero-order valence-electron chi connectivity index (χ0n) is 15.1. The van der Waals surface area contributed by atoms with E-state index in [0.29, 0.717) is 29.3 Å². The lowest BCUT2D eigenvalue weighted by atomic mass is 10.1. The van der Waals surface area contributed by atoms with Gasteiger partial charge in [0.2, 0.25) is 5.91 Å². The minimum atomic E-state index is -0.277. The standard InChI is InChI=1S/C20H24N2O4/c1-3-12-26-15-6-4-14(5-7-15)19(23)10-11-20(24)22-18-13-16(25-2)8-9-17(18)21/h4-9,13H,3,10-12,21H2,1-2H3,(H,22,24). The van der Waals surface area contributed by atoms with Crippen molar-refractivity contribution < 1.29 is 19.1 Å². The van der Waals surface area contributed by atoms with E-state index in [4.69, 9.17) is 15.2 Å². The summed E-state index contributed by atoms with van der Waals surface area (Å²) in [4.78, 5) is 24.3.